The molecule has 1 heterocycles. The van der Waals surface area contributed by atoms with Gasteiger partial charge in [0.15, 0.2) is 0 Å². The van der Waals surface area contributed by atoms with Crippen LogP contribution < -0.4 is 5.73 Å². The molecule has 1 aromatic heterocycles. The van der Waals surface area contributed by atoms with E-state index in [1.807, 2.05) is 13.8 Å². The van der Waals surface area contributed by atoms with E-state index in [4.69, 9.17) is 11.0 Å². The minimum atomic E-state index is 0.164. The Morgan fingerprint density at radius 3 is 2.24 bits per heavy atom. The molecule has 2 N–H and O–H groups in total. The Kier molecular flexibility index (Phi) is 3.56. The van der Waals surface area contributed by atoms with Gasteiger partial charge in [0.2, 0.25) is 0 Å². The van der Waals surface area contributed by atoms with E-state index in [1.165, 1.54) is 0 Å². The van der Waals surface area contributed by atoms with Gasteiger partial charge in [0.25, 0.3) is 0 Å². The number of anilines is 1. The molecule has 0 aliphatic heterocycles. The molecule has 0 atom stereocenters. The largest absolute Gasteiger partial charge is 0.384 e. The second-order valence-electron chi connectivity index (χ2n) is 5.81. The number of nitrogens with zero attached hydrogens (tertiary/aromatic N) is 2. The van der Waals surface area contributed by atoms with Gasteiger partial charge in [-0.05, 0) is 30.7 Å². The van der Waals surface area contributed by atoms with Crippen molar-refractivity contribution in [2.24, 2.45) is 11.3 Å². The number of aromatic nitrogens is 1. The van der Waals surface area contributed by atoms with Gasteiger partial charge in [-0.1, -0.05) is 27.7 Å². The van der Waals surface area contributed by atoms with Crippen LogP contribution in [0.2, 0.25) is 0 Å². The van der Waals surface area contributed by atoms with Crippen molar-refractivity contribution in [2.45, 2.75) is 48.1 Å². The first-order valence-electron chi connectivity index (χ1n) is 6.07. The molecule has 1 rings (SSSR count). The summed E-state index contributed by atoms with van der Waals surface area (Å²) in [6.07, 6.45) is 0. The summed E-state index contributed by atoms with van der Waals surface area (Å²) in [5.41, 5.74) is 8.96. The second-order valence-corrected chi connectivity index (χ2v) is 5.81. The quantitative estimate of drug-likeness (QED) is 0.871. The van der Waals surface area contributed by atoms with Crippen LogP contribution in [0.4, 0.5) is 5.82 Å². The summed E-state index contributed by atoms with van der Waals surface area (Å²) in [5.74, 6) is 1.17. The van der Waals surface area contributed by atoms with Gasteiger partial charge in [0.1, 0.15) is 11.9 Å². The summed E-state index contributed by atoms with van der Waals surface area (Å²) in [7, 11) is 0. The van der Waals surface area contributed by atoms with Gasteiger partial charge >= 0.3 is 0 Å². The summed E-state index contributed by atoms with van der Waals surface area (Å²) < 4.78 is 2.08. The van der Waals surface area contributed by atoms with Crippen molar-refractivity contribution in [1.82, 2.24) is 4.57 Å². The fraction of sp³-hybridized carbons (Fsp3) is 0.643. The lowest BCUT2D eigenvalue weighted by Gasteiger charge is -2.31. The van der Waals surface area contributed by atoms with Crippen molar-refractivity contribution in [3.63, 3.8) is 0 Å². The summed E-state index contributed by atoms with van der Waals surface area (Å²) in [6, 6.07) is 2.19. The van der Waals surface area contributed by atoms with Crippen LogP contribution in [0.1, 0.15) is 44.5 Å². The fourth-order valence-corrected chi connectivity index (χ4v) is 1.83. The standard InChI is InChI=1S/C14H23N3/c1-9(2)14(5,6)8-17-11(4)10(3)12(7-15)13(17)16/h9H,8,16H2,1-6H3. The summed E-state index contributed by atoms with van der Waals surface area (Å²) in [6.45, 7) is 13.7. The Labute approximate surface area is 104 Å². The highest BCUT2D eigenvalue weighted by molar-refractivity contribution is 5.57. The van der Waals surface area contributed by atoms with E-state index in [1.54, 1.807) is 0 Å². The molecule has 0 bridgehead atoms. The monoisotopic (exact) mass is 233 g/mol. The predicted octanol–water partition coefficient (Wildman–Crippen LogP) is 3.24. The zero-order valence-electron chi connectivity index (χ0n) is 11.8. The minimum absolute atomic E-state index is 0.164. The molecular formula is C14H23N3. The maximum atomic E-state index is 9.10. The minimum Gasteiger partial charge on any atom is -0.384 e. The number of hydrogen-bond acceptors (Lipinski definition) is 2. The molecule has 0 radical (unpaired) electrons. The van der Waals surface area contributed by atoms with Crippen molar-refractivity contribution in [3.8, 4) is 6.07 Å². The lowest BCUT2D eigenvalue weighted by Crippen LogP contribution is -2.26. The van der Waals surface area contributed by atoms with Crippen molar-refractivity contribution in [3.05, 3.63) is 16.8 Å². The average molecular weight is 233 g/mol. The van der Waals surface area contributed by atoms with Gasteiger partial charge in [0.05, 0.1) is 5.56 Å². The van der Waals surface area contributed by atoms with Crippen LogP contribution in [0.25, 0.3) is 0 Å². The molecule has 0 unspecified atom stereocenters. The first-order valence-corrected chi connectivity index (χ1v) is 6.07. The smallest absolute Gasteiger partial charge is 0.122 e. The third kappa shape index (κ3) is 2.31. The number of hydrogen-bond donors (Lipinski definition) is 1. The molecule has 1 aromatic rings. The number of nitrogen functional groups attached to an aromatic ring is 1. The van der Waals surface area contributed by atoms with Gasteiger partial charge in [-0.25, -0.2) is 0 Å². The molecule has 0 aliphatic carbocycles. The zero-order valence-corrected chi connectivity index (χ0v) is 11.8. The Balaban J connectivity index is 3.22. The van der Waals surface area contributed by atoms with Crippen molar-refractivity contribution in [1.29, 1.82) is 5.26 Å². The van der Waals surface area contributed by atoms with Crippen LogP contribution in [0.3, 0.4) is 0 Å². The van der Waals surface area contributed by atoms with Crippen LogP contribution in [-0.2, 0) is 6.54 Å². The lowest BCUT2D eigenvalue weighted by atomic mass is 9.81. The van der Waals surface area contributed by atoms with E-state index in [0.717, 1.165) is 17.8 Å². The van der Waals surface area contributed by atoms with Crippen LogP contribution >= 0.6 is 0 Å². The van der Waals surface area contributed by atoms with E-state index < -0.39 is 0 Å². The molecule has 0 amide bonds. The van der Waals surface area contributed by atoms with E-state index >= 15 is 0 Å². The molecule has 17 heavy (non-hydrogen) atoms. The summed E-state index contributed by atoms with van der Waals surface area (Å²) in [4.78, 5) is 0. The van der Waals surface area contributed by atoms with Gasteiger partial charge in [-0.15, -0.1) is 0 Å². The molecule has 0 aromatic carbocycles. The number of nitriles is 1. The Bertz CT molecular complexity index is 459. The first kappa shape index (κ1) is 13.6. The predicted molar refractivity (Wildman–Crippen MR) is 71.7 cm³/mol. The summed E-state index contributed by atoms with van der Waals surface area (Å²) in [5, 5.41) is 9.10. The average Bonchev–Trinajstić information content (AvgIpc) is 2.42. The molecule has 0 saturated heterocycles. The van der Waals surface area contributed by atoms with E-state index in [-0.39, 0.29) is 5.41 Å². The molecule has 3 nitrogen and oxygen atoms in total. The topological polar surface area (TPSA) is 54.7 Å². The molecule has 3 heteroatoms. The van der Waals surface area contributed by atoms with Gasteiger partial charge in [-0.3, -0.25) is 0 Å². The Morgan fingerprint density at radius 1 is 1.35 bits per heavy atom. The van der Waals surface area contributed by atoms with Crippen molar-refractivity contribution in [2.75, 3.05) is 5.73 Å². The maximum absolute atomic E-state index is 9.10. The third-order valence-corrected chi connectivity index (χ3v) is 4.11. The molecule has 0 spiro atoms. The molecular weight excluding hydrogens is 210 g/mol. The van der Waals surface area contributed by atoms with Crippen LogP contribution in [0.5, 0.6) is 0 Å². The van der Waals surface area contributed by atoms with E-state index in [2.05, 4.69) is 38.3 Å². The normalized spacial score (nSPS) is 11.9. The van der Waals surface area contributed by atoms with E-state index in [9.17, 15) is 0 Å². The van der Waals surface area contributed by atoms with Crippen molar-refractivity contribution < 1.29 is 0 Å². The van der Waals surface area contributed by atoms with E-state index in [0.29, 0.717) is 17.3 Å². The van der Waals surface area contributed by atoms with Crippen LogP contribution in [-0.4, -0.2) is 4.57 Å². The zero-order chi connectivity index (χ0) is 13.4. The molecule has 94 valence electrons. The summed E-state index contributed by atoms with van der Waals surface area (Å²) >= 11 is 0. The molecule has 0 aliphatic rings. The Morgan fingerprint density at radius 2 is 1.88 bits per heavy atom. The van der Waals surface area contributed by atoms with Crippen LogP contribution in [0, 0.1) is 36.5 Å². The molecule has 0 saturated carbocycles. The van der Waals surface area contributed by atoms with Crippen molar-refractivity contribution >= 4 is 5.82 Å². The van der Waals surface area contributed by atoms with Gasteiger partial charge in [-0.2, -0.15) is 5.26 Å². The second kappa shape index (κ2) is 4.44. The Hall–Kier alpha value is -1.43. The third-order valence-electron chi connectivity index (χ3n) is 4.11. The SMILES string of the molecule is Cc1c(C#N)c(N)n(CC(C)(C)C(C)C)c1C. The number of nitrogens with two attached hydrogens (primary N) is 1. The highest BCUT2D eigenvalue weighted by atomic mass is 15.1. The highest BCUT2D eigenvalue weighted by Gasteiger charge is 2.26. The fourth-order valence-electron chi connectivity index (χ4n) is 1.83. The highest BCUT2D eigenvalue weighted by Crippen LogP contribution is 2.32. The number of rotatable bonds is 3. The van der Waals surface area contributed by atoms with Gasteiger partial charge in [0, 0.05) is 12.2 Å². The lowest BCUT2D eigenvalue weighted by molar-refractivity contribution is 0.210. The van der Waals surface area contributed by atoms with Gasteiger partial charge < -0.3 is 10.3 Å². The van der Waals surface area contributed by atoms with Crippen LogP contribution in [0.15, 0.2) is 0 Å². The molecule has 0 fully saturated rings. The maximum Gasteiger partial charge on any atom is 0.122 e. The first-order chi connectivity index (χ1) is 7.72.